The number of nitrogens with two attached hydrogens (primary N) is 1. The van der Waals surface area contributed by atoms with Crippen LogP contribution in [0.2, 0.25) is 0 Å². The number of benzene rings is 2. The van der Waals surface area contributed by atoms with Crippen molar-refractivity contribution in [2.24, 2.45) is 5.84 Å². The molecule has 104 valence electrons. The Hall–Kier alpha value is -1.37. The Morgan fingerprint density at radius 2 is 2.10 bits per heavy atom. The van der Waals surface area contributed by atoms with Crippen LogP contribution in [0.25, 0.3) is 0 Å². The number of amides is 1. The van der Waals surface area contributed by atoms with Crippen LogP contribution in [0.3, 0.4) is 0 Å². The van der Waals surface area contributed by atoms with Crippen LogP contribution in [0.15, 0.2) is 51.8 Å². The monoisotopic (exact) mass is 354 g/mol. The van der Waals surface area contributed by atoms with Crippen molar-refractivity contribution in [1.29, 1.82) is 0 Å². The third-order valence-electron chi connectivity index (χ3n) is 2.64. The maximum Gasteiger partial charge on any atom is 0.265 e. The fraction of sp³-hybridized carbons (Fsp3) is 0.0714. The second-order valence-electron chi connectivity index (χ2n) is 4.03. The van der Waals surface area contributed by atoms with E-state index in [0.717, 1.165) is 14.9 Å². The number of hydrogen-bond acceptors (Lipinski definition) is 3. The van der Waals surface area contributed by atoms with Gasteiger partial charge in [0.15, 0.2) is 0 Å². The van der Waals surface area contributed by atoms with E-state index >= 15 is 0 Å². The molecule has 0 aliphatic heterocycles. The van der Waals surface area contributed by atoms with Crippen LogP contribution < -0.4 is 11.3 Å². The predicted molar refractivity (Wildman–Crippen MR) is 81.8 cm³/mol. The van der Waals surface area contributed by atoms with Gasteiger partial charge in [0.05, 0.1) is 0 Å². The van der Waals surface area contributed by atoms with Gasteiger partial charge in [-0.2, -0.15) is 0 Å². The van der Waals surface area contributed by atoms with Crippen molar-refractivity contribution in [3.63, 3.8) is 0 Å². The summed E-state index contributed by atoms with van der Waals surface area (Å²) in [5.41, 5.74) is 3.59. The Labute approximate surface area is 128 Å². The van der Waals surface area contributed by atoms with E-state index in [9.17, 15) is 9.18 Å². The molecule has 2 rings (SSSR count). The largest absolute Gasteiger partial charge is 0.290 e. The van der Waals surface area contributed by atoms with Gasteiger partial charge in [-0.1, -0.05) is 28.1 Å². The summed E-state index contributed by atoms with van der Waals surface area (Å²) in [6.45, 7) is 0. The minimum Gasteiger partial charge on any atom is -0.290 e. The minimum atomic E-state index is -0.338. The number of halogens is 2. The first kappa shape index (κ1) is 15.0. The third kappa shape index (κ3) is 3.82. The highest BCUT2D eigenvalue weighted by molar-refractivity contribution is 9.10. The van der Waals surface area contributed by atoms with Gasteiger partial charge in [0.1, 0.15) is 5.82 Å². The number of nitrogen functional groups attached to an aromatic ring is 1. The summed E-state index contributed by atoms with van der Waals surface area (Å²) < 4.78 is 13.9. The van der Waals surface area contributed by atoms with Gasteiger partial charge in [0.25, 0.3) is 5.91 Å². The summed E-state index contributed by atoms with van der Waals surface area (Å²) in [6, 6.07) is 11.7. The molecule has 3 N–H and O–H groups in total. The summed E-state index contributed by atoms with van der Waals surface area (Å²) in [5.74, 6) is 5.18. The number of thioether (sulfide) groups is 1. The molecule has 6 heteroatoms. The molecule has 0 unspecified atom stereocenters. The molecular formula is C14H12BrFN2OS. The highest BCUT2D eigenvalue weighted by Crippen LogP contribution is 2.28. The molecule has 0 radical (unpaired) electrons. The van der Waals surface area contributed by atoms with E-state index in [4.69, 9.17) is 5.84 Å². The molecule has 0 spiro atoms. The summed E-state index contributed by atoms with van der Waals surface area (Å²) >= 11 is 4.95. The van der Waals surface area contributed by atoms with E-state index in [0.29, 0.717) is 11.3 Å². The van der Waals surface area contributed by atoms with Gasteiger partial charge in [0.2, 0.25) is 0 Å². The molecule has 2 aromatic rings. The third-order valence-corrected chi connectivity index (χ3v) is 4.42. The fourth-order valence-corrected chi connectivity index (χ4v) is 3.26. The molecule has 0 aliphatic carbocycles. The predicted octanol–water partition coefficient (Wildman–Crippen LogP) is 3.48. The normalized spacial score (nSPS) is 10.3. The van der Waals surface area contributed by atoms with E-state index in [2.05, 4.69) is 21.4 Å². The van der Waals surface area contributed by atoms with Crippen molar-refractivity contribution in [2.45, 2.75) is 10.6 Å². The zero-order valence-electron chi connectivity index (χ0n) is 10.4. The Kier molecular flexibility index (Phi) is 5.17. The van der Waals surface area contributed by atoms with Gasteiger partial charge in [-0.05, 0) is 35.9 Å². The lowest BCUT2D eigenvalue weighted by Crippen LogP contribution is -2.29. The Bertz CT molecular complexity index is 636. The number of hydrogen-bond donors (Lipinski definition) is 2. The molecule has 20 heavy (non-hydrogen) atoms. The molecule has 0 aromatic heterocycles. The molecule has 3 nitrogen and oxygen atoms in total. The van der Waals surface area contributed by atoms with Crippen molar-refractivity contribution < 1.29 is 9.18 Å². The molecule has 0 atom stereocenters. The van der Waals surface area contributed by atoms with Gasteiger partial charge < -0.3 is 0 Å². The zero-order chi connectivity index (χ0) is 14.5. The highest BCUT2D eigenvalue weighted by Gasteiger charge is 2.07. The SMILES string of the molecule is NNC(=O)c1ccc(CSc2cccc(F)c2)c(Br)c1. The minimum absolute atomic E-state index is 0.246. The van der Waals surface area contributed by atoms with Crippen LogP contribution in [0.5, 0.6) is 0 Å². The van der Waals surface area contributed by atoms with Crippen LogP contribution >= 0.6 is 27.7 Å². The first-order valence-electron chi connectivity index (χ1n) is 5.78. The molecule has 0 aliphatic rings. The first-order chi connectivity index (χ1) is 9.60. The molecule has 0 saturated heterocycles. The summed E-state index contributed by atoms with van der Waals surface area (Å²) in [4.78, 5) is 12.3. The number of rotatable bonds is 4. The van der Waals surface area contributed by atoms with Crippen LogP contribution in [0, 0.1) is 5.82 Å². The van der Waals surface area contributed by atoms with Gasteiger partial charge in [-0.15, -0.1) is 11.8 Å². The lowest BCUT2D eigenvalue weighted by atomic mass is 10.1. The Morgan fingerprint density at radius 3 is 2.75 bits per heavy atom. The van der Waals surface area contributed by atoms with Crippen LogP contribution in [-0.2, 0) is 5.75 Å². The van der Waals surface area contributed by atoms with Gasteiger partial charge in [-0.3, -0.25) is 10.2 Å². The highest BCUT2D eigenvalue weighted by atomic mass is 79.9. The maximum atomic E-state index is 13.1. The quantitative estimate of drug-likeness (QED) is 0.382. The molecule has 0 fully saturated rings. The van der Waals surface area contributed by atoms with Crippen molar-refractivity contribution >= 4 is 33.6 Å². The smallest absolute Gasteiger partial charge is 0.265 e. The average molecular weight is 355 g/mol. The lowest BCUT2D eigenvalue weighted by Gasteiger charge is -2.07. The van der Waals surface area contributed by atoms with Gasteiger partial charge in [-0.25, -0.2) is 10.2 Å². The van der Waals surface area contributed by atoms with Crippen LogP contribution in [-0.4, -0.2) is 5.91 Å². The van der Waals surface area contributed by atoms with Gasteiger partial charge in [0, 0.05) is 20.7 Å². The molecule has 2 aromatic carbocycles. The molecular weight excluding hydrogens is 343 g/mol. The first-order valence-corrected chi connectivity index (χ1v) is 7.56. The number of carbonyl (C=O) groups excluding carboxylic acids is 1. The fourth-order valence-electron chi connectivity index (χ4n) is 1.61. The lowest BCUT2D eigenvalue weighted by molar-refractivity contribution is 0.0953. The second-order valence-corrected chi connectivity index (χ2v) is 5.93. The Morgan fingerprint density at radius 1 is 1.30 bits per heavy atom. The summed E-state index contributed by atoms with van der Waals surface area (Å²) in [5, 5.41) is 0. The number of carbonyl (C=O) groups is 1. The number of nitrogens with one attached hydrogen (secondary N) is 1. The Balaban J connectivity index is 2.08. The number of hydrazine groups is 1. The van der Waals surface area contributed by atoms with Crippen molar-refractivity contribution in [1.82, 2.24) is 5.43 Å². The topological polar surface area (TPSA) is 55.1 Å². The molecule has 0 saturated carbocycles. The summed E-state index contributed by atoms with van der Waals surface area (Å²) in [6.07, 6.45) is 0. The zero-order valence-corrected chi connectivity index (χ0v) is 12.8. The van der Waals surface area contributed by atoms with Crippen molar-refractivity contribution in [3.05, 3.63) is 63.9 Å². The average Bonchev–Trinajstić information content (AvgIpc) is 2.45. The van der Waals surface area contributed by atoms with Crippen molar-refractivity contribution in [2.75, 3.05) is 0 Å². The van der Waals surface area contributed by atoms with E-state index in [1.165, 1.54) is 23.9 Å². The molecule has 0 bridgehead atoms. The van der Waals surface area contributed by atoms with E-state index < -0.39 is 0 Å². The standard InChI is InChI=1S/C14H12BrFN2OS/c15-13-6-9(14(19)18-17)4-5-10(13)8-20-12-3-1-2-11(16)7-12/h1-7H,8,17H2,(H,18,19). The van der Waals surface area contributed by atoms with E-state index in [1.807, 2.05) is 12.1 Å². The molecule has 1 amide bonds. The molecule has 0 heterocycles. The second kappa shape index (κ2) is 6.88. The van der Waals surface area contributed by atoms with E-state index in [1.54, 1.807) is 18.2 Å². The van der Waals surface area contributed by atoms with Gasteiger partial charge >= 0.3 is 0 Å². The summed E-state index contributed by atoms with van der Waals surface area (Å²) in [7, 11) is 0. The van der Waals surface area contributed by atoms with Crippen molar-refractivity contribution in [3.8, 4) is 0 Å². The van der Waals surface area contributed by atoms with E-state index in [-0.39, 0.29) is 11.7 Å². The van der Waals surface area contributed by atoms with Crippen LogP contribution in [0.4, 0.5) is 4.39 Å². The van der Waals surface area contributed by atoms with Crippen LogP contribution in [0.1, 0.15) is 15.9 Å². The maximum absolute atomic E-state index is 13.1.